The van der Waals surface area contributed by atoms with Crippen LogP contribution in [0.25, 0.3) is 0 Å². The Morgan fingerprint density at radius 1 is 0.848 bits per heavy atom. The number of esters is 2. The molecule has 0 saturated carbocycles. The monoisotopic (exact) mass is 468 g/mol. The van der Waals surface area contributed by atoms with Gasteiger partial charge in [-0.05, 0) is 46.8 Å². The predicted octanol–water partition coefficient (Wildman–Crippen LogP) is 5.58. The maximum Gasteiger partial charge on any atom is 0.307 e. The number of carbonyl (C=O) groups is 2. The molecular formula is C27H52N2O4. The molecule has 0 bridgehead atoms. The Bertz CT molecular complexity index is 512. The summed E-state index contributed by atoms with van der Waals surface area (Å²) in [4.78, 5) is 28.3. The van der Waals surface area contributed by atoms with Crippen LogP contribution in [0.15, 0.2) is 0 Å². The molecule has 2 atom stereocenters. The number of unbranched alkanes of at least 4 members (excludes halogenated alkanes) is 10. The summed E-state index contributed by atoms with van der Waals surface area (Å²) in [5.74, 6) is -0.141. The molecule has 33 heavy (non-hydrogen) atoms. The van der Waals surface area contributed by atoms with Gasteiger partial charge in [-0.3, -0.25) is 14.5 Å². The van der Waals surface area contributed by atoms with Crippen molar-refractivity contribution in [1.82, 2.24) is 9.80 Å². The van der Waals surface area contributed by atoms with Gasteiger partial charge in [-0.1, -0.05) is 64.7 Å². The quantitative estimate of drug-likeness (QED) is 0.172. The lowest BCUT2D eigenvalue weighted by atomic mass is 10.1. The Morgan fingerprint density at radius 2 is 1.48 bits per heavy atom. The Kier molecular flexibility index (Phi) is 17.4. The summed E-state index contributed by atoms with van der Waals surface area (Å²) in [5, 5.41) is 0. The first-order valence-corrected chi connectivity index (χ1v) is 13.7. The van der Waals surface area contributed by atoms with Crippen molar-refractivity contribution >= 4 is 11.9 Å². The van der Waals surface area contributed by atoms with Gasteiger partial charge in [0.25, 0.3) is 0 Å². The van der Waals surface area contributed by atoms with Gasteiger partial charge >= 0.3 is 11.9 Å². The highest BCUT2D eigenvalue weighted by molar-refractivity contribution is 5.70. The third-order valence-corrected chi connectivity index (χ3v) is 6.56. The first-order valence-electron chi connectivity index (χ1n) is 13.7. The number of nitrogens with zero attached hydrogens (tertiary/aromatic N) is 2. The minimum absolute atomic E-state index is 0.0192. The number of hydrogen-bond donors (Lipinski definition) is 0. The van der Waals surface area contributed by atoms with Crippen LogP contribution in [0.4, 0.5) is 0 Å². The van der Waals surface area contributed by atoms with Crippen LogP contribution in [0.1, 0.15) is 110 Å². The van der Waals surface area contributed by atoms with Crippen molar-refractivity contribution in [2.75, 3.05) is 40.3 Å². The number of rotatable bonds is 20. The molecule has 0 aromatic rings. The molecular weight excluding hydrogens is 416 g/mol. The van der Waals surface area contributed by atoms with Crippen molar-refractivity contribution in [2.45, 2.75) is 122 Å². The lowest BCUT2D eigenvalue weighted by Crippen LogP contribution is -2.29. The largest absolute Gasteiger partial charge is 0.466 e. The summed E-state index contributed by atoms with van der Waals surface area (Å²) in [6.45, 7) is 7.59. The van der Waals surface area contributed by atoms with E-state index in [-0.39, 0.29) is 18.0 Å². The van der Waals surface area contributed by atoms with E-state index in [0.717, 1.165) is 51.7 Å². The van der Waals surface area contributed by atoms with E-state index in [9.17, 15) is 9.59 Å². The molecule has 194 valence electrons. The summed E-state index contributed by atoms with van der Waals surface area (Å²) in [7, 11) is 3.93. The summed E-state index contributed by atoms with van der Waals surface area (Å²) in [6, 6.07) is 0.443. The van der Waals surface area contributed by atoms with Gasteiger partial charge < -0.3 is 14.4 Å². The minimum atomic E-state index is -0.0938. The zero-order valence-electron chi connectivity index (χ0n) is 22.1. The maximum atomic E-state index is 12.0. The molecule has 1 fully saturated rings. The average molecular weight is 469 g/mol. The number of carbonyl (C=O) groups excluding carboxylic acids is 2. The summed E-state index contributed by atoms with van der Waals surface area (Å²) >= 11 is 0. The van der Waals surface area contributed by atoms with Crippen LogP contribution in [0, 0.1) is 0 Å². The molecule has 0 aliphatic carbocycles. The van der Waals surface area contributed by atoms with Crippen molar-refractivity contribution in [3.63, 3.8) is 0 Å². The molecule has 0 aromatic heterocycles. The number of hydrogen-bond acceptors (Lipinski definition) is 6. The Labute approximate surface area is 203 Å². The minimum Gasteiger partial charge on any atom is -0.466 e. The van der Waals surface area contributed by atoms with Crippen LogP contribution < -0.4 is 0 Å². The van der Waals surface area contributed by atoms with E-state index in [0.29, 0.717) is 25.5 Å². The van der Waals surface area contributed by atoms with Gasteiger partial charge in [0.2, 0.25) is 0 Å². The van der Waals surface area contributed by atoms with Crippen LogP contribution in [0.3, 0.4) is 0 Å². The first kappa shape index (κ1) is 29.9. The van der Waals surface area contributed by atoms with E-state index >= 15 is 0 Å². The van der Waals surface area contributed by atoms with E-state index in [1.165, 1.54) is 51.4 Å². The summed E-state index contributed by atoms with van der Waals surface area (Å²) in [5.41, 5.74) is 0. The van der Waals surface area contributed by atoms with E-state index in [1.54, 1.807) is 0 Å². The standard InChI is InChI=1S/C27H52N2O4/c1-5-6-7-8-9-10-11-12-16-21-32-26(30)17-14-13-15-19-29-23-25(22-24(29)2)33-27(31)18-20-28(3)4/h24-25H,5-23H2,1-4H3. The topological polar surface area (TPSA) is 59.1 Å². The molecule has 1 rings (SSSR count). The van der Waals surface area contributed by atoms with Gasteiger partial charge in [0, 0.05) is 32.0 Å². The van der Waals surface area contributed by atoms with Gasteiger partial charge in [0.05, 0.1) is 13.0 Å². The van der Waals surface area contributed by atoms with E-state index < -0.39 is 0 Å². The van der Waals surface area contributed by atoms with Crippen LogP contribution in [0.2, 0.25) is 0 Å². The second-order valence-corrected chi connectivity index (χ2v) is 10.1. The Balaban J connectivity index is 1.95. The van der Waals surface area contributed by atoms with Gasteiger partial charge in [0.1, 0.15) is 6.10 Å². The highest BCUT2D eigenvalue weighted by Gasteiger charge is 2.30. The van der Waals surface area contributed by atoms with Gasteiger partial charge in [-0.2, -0.15) is 0 Å². The van der Waals surface area contributed by atoms with Crippen molar-refractivity contribution < 1.29 is 19.1 Å². The molecule has 0 spiro atoms. The second kappa shape index (κ2) is 19.2. The van der Waals surface area contributed by atoms with Crippen molar-refractivity contribution in [1.29, 1.82) is 0 Å². The van der Waals surface area contributed by atoms with Crippen molar-refractivity contribution in [2.24, 2.45) is 0 Å². The van der Waals surface area contributed by atoms with Crippen molar-refractivity contribution in [3.8, 4) is 0 Å². The van der Waals surface area contributed by atoms with E-state index in [1.807, 2.05) is 19.0 Å². The molecule has 0 radical (unpaired) electrons. The zero-order chi connectivity index (χ0) is 24.3. The molecule has 1 heterocycles. The summed E-state index contributed by atoms with van der Waals surface area (Å²) < 4.78 is 11.0. The molecule has 0 aromatic carbocycles. The van der Waals surface area contributed by atoms with Crippen LogP contribution in [-0.4, -0.2) is 74.2 Å². The van der Waals surface area contributed by atoms with Gasteiger partial charge in [0.15, 0.2) is 0 Å². The lowest BCUT2D eigenvalue weighted by Gasteiger charge is -2.20. The van der Waals surface area contributed by atoms with E-state index in [2.05, 4.69) is 18.7 Å². The van der Waals surface area contributed by atoms with E-state index in [4.69, 9.17) is 9.47 Å². The van der Waals surface area contributed by atoms with Crippen LogP contribution >= 0.6 is 0 Å². The first-order chi connectivity index (χ1) is 15.9. The predicted molar refractivity (Wildman–Crippen MR) is 135 cm³/mol. The smallest absolute Gasteiger partial charge is 0.307 e. The van der Waals surface area contributed by atoms with Gasteiger partial charge in [-0.25, -0.2) is 0 Å². The SMILES string of the molecule is CCCCCCCCCCCOC(=O)CCCCCN1CC(OC(=O)CCN(C)C)CC1C. The molecule has 0 amide bonds. The Hall–Kier alpha value is -1.14. The maximum absolute atomic E-state index is 12.0. The summed E-state index contributed by atoms with van der Waals surface area (Å²) in [6.07, 6.45) is 16.4. The van der Waals surface area contributed by atoms with Gasteiger partial charge in [-0.15, -0.1) is 0 Å². The zero-order valence-corrected chi connectivity index (χ0v) is 22.1. The van der Waals surface area contributed by atoms with Crippen molar-refractivity contribution in [3.05, 3.63) is 0 Å². The molecule has 2 unspecified atom stereocenters. The Morgan fingerprint density at radius 3 is 2.15 bits per heavy atom. The number of likely N-dealkylation sites (tertiary alicyclic amines) is 1. The number of ether oxygens (including phenoxy) is 2. The molecule has 6 nitrogen and oxygen atoms in total. The molecule has 0 N–H and O–H groups in total. The molecule has 6 heteroatoms. The fourth-order valence-corrected chi connectivity index (χ4v) is 4.43. The second-order valence-electron chi connectivity index (χ2n) is 10.1. The molecule has 1 aliphatic heterocycles. The highest BCUT2D eigenvalue weighted by atomic mass is 16.5. The third-order valence-electron chi connectivity index (χ3n) is 6.56. The fraction of sp³-hybridized carbons (Fsp3) is 0.926. The average Bonchev–Trinajstić information content (AvgIpc) is 3.12. The lowest BCUT2D eigenvalue weighted by molar-refractivity contribution is -0.148. The third kappa shape index (κ3) is 16.2. The normalized spacial score (nSPS) is 18.7. The van der Waals surface area contributed by atoms with Crippen LogP contribution in [0.5, 0.6) is 0 Å². The fourth-order valence-electron chi connectivity index (χ4n) is 4.43. The highest BCUT2D eigenvalue weighted by Crippen LogP contribution is 2.21. The van der Waals surface area contributed by atoms with Crippen LogP contribution in [-0.2, 0) is 19.1 Å². The molecule has 1 aliphatic rings. The molecule has 1 saturated heterocycles.